The third-order valence-electron chi connectivity index (χ3n) is 3.95. The Kier molecular flexibility index (Phi) is 4.82. The summed E-state index contributed by atoms with van der Waals surface area (Å²) >= 11 is 1.10. The maximum atomic E-state index is 13.2. The Labute approximate surface area is 151 Å². The van der Waals surface area contributed by atoms with E-state index in [4.69, 9.17) is 4.74 Å². The van der Waals surface area contributed by atoms with E-state index in [0.29, 0.717) is 33.2 Å². The molecule has 0 aliphatic heterocycles. The van der Waals surface area contributed by atoms with E-state index in [0.717, 1.165) is 23.9 Å². The largest absolute Gasteiger partial charge is 0.465 e. The molecular weight excluding hydrogens is 364 g/mol. The number of imidazole rings is 1. The van der Waals surface area contributed by atoms with Crippen LogP contribution in [0.2, 0.25) is 0 Å². The quantitative estimate of drug-likeness (QED) is 0.402. The van der Waals surface area contributed by atoms with Crippen LogP contribution in [0, 0.1) is 25.5 Å². The lowest BCUT2D eigenvalue weighted by atomic mass is 10.1. The summed E-state index contributed by atoms with van der Waals surface area (Å²) in [5, 5.41) is 0.368. The van der Waals surface area contributed by atoms with Crippen LogP contribution in [0.5, 0.6) is 0 Å². The van der Waals surface area contributed by atoms with Gasteiger partial charge < -0.3 is 14.7 Å². The molecule has 0 amide bonds. The molecule has 0 saturated heterocycles. The van der Waals surface area contributed by atoms with Gasteiger partial charge in [-0.3, -0.25) is 4.79 Å². The summed E-state index contributed by atoms with van der Waals surface area (Å²) in [6.45, 7) is 3.35. The molecule has 6 nitrogen and oxygen atoms in total. The number of nitrogens with zero attached hydrogens (tertiary/aromatic N) is 1. The van der Waals surface area contributed by atoms with E-state index in [1.807, 2.05) is 0 Å². The third-order valence-corrected chi connectivity index (χ3v) is 4.82. The number of methoxy groups -OCH3 is 1. The first kappa shape index (κ1) is 18.1. The number of aromatic amines is 2. The van der Waals surface area contributed by atoms with Crippen LogP contribution in [-0.4, -0.2) is 39.6 Å². The van der Waals surface area contributed by atoms with Gasteiger partial charge in [0.25, 0.3) is 0 Å². The van der Waals surface area contributed by atoms with Crippen molar-refractivity contribution in [3.8, 4) is 0 Å². The van der Waals surface area contributed by atoms with Gasteiger partial charge in [0.2, 0.25) is 0 Å². The van der Waals surface area contributed by atoms with Crippen LogP contribution in [0.4, 0.5) is 8.78 Å². The summed E-state index contributed by atoms with van der Waals surface area (Å²) < 4.78 is 31.2. The lowest BCUT2D eigenvalue weighted by Crippen LogP contribution is -2.07. The zero-order chi connectivity index (χ0) is 19.0. The average molecular weight is 379 g/mol. The molecule has 0 bridgehead atoms. The second-order valence-corrected chi connectivity index (χ2v) is 6.62. The molecule has 0 aliphatic rings. The number of nitrogens with one attached hydrogen (secondary N) is 2. The average Bonchev–Trinajstić information content (AvgIpc) is 3.12. The molecule has 26 heavy (non-hydrogen) atoms. The Hall–Kier alpha value is -2.68. The van der Waals surface area contributed by atoms with Crippen molar-refractivity contribution in [2.45, 2.75) is 19.0 Å². The highest BCUT2D eigenvalue weighted by Gasteiger charge is 2.22. The molecule has 2 heterocycles. The summed E-state index contributed by atoms with van der Waals surface area (Å²) in [4.78, 5) is 34.1. The van der Waals surface area contributed by atoms with Gasteiger partial charge in [-0.2, -0.15) is 0 Å². The van der Waals surface area contributed by atoms with Gasteiger partial charge in [-0.1, -0.05) is 11.8 Å². The highest BCUT2D eigenvalue weighted by molar-refractivity contribution is 7.99. The van der Waals surface area contributed by atoms with E-state index < -0.39 is 17.6 Å². The van der Waals surface area contributed by atoms with E-state index in [1.54, 1.807) is 13.8 Å². The molecule has 3 rings (SSSR count). The minimum Gasteiger partial charge on any atom is -0.465 e. The Morgan fingerprint density at radius 1 is 1.19 bits per heavy atom. The fourth-order valence-corrected chi connectivity index (χ4v) is 3.45. The standard InChI is InChI=1S/C17H15F2N3O3S/c1-7-14(16(24)25-3)8(2)20-15(7)13(23)6-26-17-21-11-4-9(18)10(19)5-12(11)22-17/h4-5,20H,6H2,1-3H3,(H,21,22). The maximum Gasteiger partial charge on any atom is 0.339 e. The van der Waals surface area contributed by atoms with Crippen LogP contribution in [0.25, 0.3) is 11.0 Å². The van der Waals surface area contributed by atoms with E-state index >= 15 is 0 Å². The maximum absolute atomic E-state index is 13.2. The summed E-state index contributed by atoms with van der Waals surface area (Å²) in [5.41, 5.74) is 2.36. The predicted octanol–water partition coefficient (Wildman–Crippen LogP) is 3.55. The number of Topliss-reactive ketones (excluding diaryl/α,β-unsaturated/α-hetero) is 1. The van der Waals surface area contributed by atoms with Crippen molar-refractivity contribution in [3.63, 3.8) is 0 Å². The van der Waals surface area contributed by atoms with Gasteiger partial charge in [-0.25, -0.2) is 18.6 Å². The number of halogens is 2. The van der Waals surface area contributed by atoms with Crippen molar-refractivity contribution < 1.29 is 23.1 Å². The lowest BCUT2D eigenvalue weighted by molar-refractivity contribution is 0.0599. The SMILES string of the molecule is COC(=O)c1c(C)[nH]c(C(=O)CSc2nc3cc(F)c(F)cc3[nH]2)c1C. The first-order chi connectivity index (χ1) is 12.3. The molecule has 0 atom stereocenters. The number of benzene rings is 1. The normalized spacial score (nSPS) is 11.1. The van der Waals surface area contributed by atoms with Crippen LogP contribution in [-0.2, 0) is 4.74 Å². The molecule has 0 unspecified atom stereocenters. The molecule has 0 fully saturated rings. The van der Waals surface area contributed by atoms with Crippen LogP contribution in [0.1, 0.15) is 32.1 Å². The highest BCUT2D eigenvalue weighted by Crippen LogP contribution is 2.24. The lowest BCUT2D eigenvalue weighted by Gasteiger charge is -2.00. The fraction of sp³-hybridized carbons (Fsp3) is 0.235. The van der Waals surface area contributed by atoms with Gasteiger partial charge in [-0.05, 0) is 19.4 Å². The van der Waals surface area contributed by atoms with Crippen LogP contribution in [0.3, 0.4) is 0 Å². The number of carbonyl (C=O) groups excluding carboxylic acids is 2. The number of rotatable bonds is 5. The first-order valence-corrected chi connectivity index (χ1v) is 8.58. The zero-order valence-electron chi connectivity index (χ0n) is 14.2. The molecule has 3 aromatic rings. The molecule has 2 aromatic heterocycles. The Morgan fingerprint density at radius 2 is 1.88 bits per heavy atom. The van der Waals surface area contributed by atoms with Crippen molar-refractivity contribution in [2.75, 3.05) is 12.9 Å². The molecular formula is C17H15F2N3O3S. The zero-order valence-corrected chi connectivity index (χ0v) is 15.0. The van der Waals surface area contributed by atoms with Gasteiger partial charge in [-0.15, -0.1) is 0 Å². The monoisotopic (exact) mass is 379 g/mol. The molecule has 0 radical (unpaired) electrons. The van der Waals surface area contributed by atoms with Crippen molar-refractivity contribution in [3.05, 3.63) is 46.3 Å². The molecule has 1 aromatic carbocycles. The molecule has 0 aliphatic carbocycles. The van der Waals surface area contributed by atoms with E-state index in [9.17, 15) is 18.4 Å². The number of carbonyl (C=O) groups is 2. The van der Waals surface area contributed by atoms with Crippen molar-refractivity contribution >= 4 is 34.5 Å². The number of aryl methyl sites for hydroxylation is 1. The van der Waals surface area contributed by atoms with Crippen LogP contribution in [0.15, 0.2) is 17.3 Å². The number of H-pyrrole nitrogens is 2. The first-order valence-electron chi connectivity index (χ1n) is 7.60. The number of thioether (sulfide) groups is 1. The number of fused-ring (bicyclic) bond motifs is 1. The second kappa shape index (κ2) is 6.91. The molecule has 136 valence electrons. The molecule has 0 spiro atoms. The smallest absolute Gasteiger partial charge is 0.339 e. The van der Waals surface area contributed by atoms with E-state index in [-0.39, 0.29) is 17.1 Å². The Morgan fingerprint density at radius 3 is 2.58 bits per heavy atom. The van der Waals surface area contributed by atoms with Gasteiger partial charge in [0.05, 0.1) is 35.2 Å². The summed E-state index contributed by atoms with van der Waals surface area (Å²) in [6.07, 6.45) is 0. The van der Waals surface area contributed by atoms with Crippen molar-refractivity contribution in [1.82, 2.24) is 15.0 Å². The van der Waals surface area contributed by atoms with Gasteiger partial charge in [0.15, 0.2) is 22.6 Å². The number of ether oxygens (including phenoxy) is 1. The summed E-state index contributed by atoms with van der Waals surface area (Å²) in [7, 11) is 1.28. The molecule has 0 saturated carbocycles. The minimum atomic E-state index is -0.982. The second-order valence-electron chi connectivity index (χ2n) is 5.65. The highest BCUT2D eigenvalue weighted by atomic mass is 32.2. The van der Waals surface area contributed by atoms with E-state index in [2.05, 4.69) is 15.0 Å². The topological polar surface area (TPSA) is 87.8 Å². The van der Waals surface area contributed by atoms with E-state index in [1.165, 1.54) is 7.11 Å². The van der Waals surface area contributed by atoms with Crippen molar-refractivity contribution in [1.29, 1.82) is 0 Å². The van der Waals surface area contributed by atoms with Gasteiger partial charge >= 0.3 is 5.97 Å². The predicted molar refractivity (Wildman–Crippen MR) is 92.7 cm³/mol. The summed E-state index contributed by atoms with van der Waals surface area (Å²) in [6, 6.07) is 2.01. The van der Waals surface area contributed by atoms with Gasteiger partial charge in [0.1, 0.15) is 0 Å². The number of ketones is 1. The molecule has 2 N–H and O–H groups in total. The van der Waals surface area contributed by atoms with Crippen LogP contribution >= 0.6 is 11.8 Å². The number of hydrogen-bond donors (Lipinski definition) is 2. The number of aromatic nitrogens is 3. The Bertz CT molecular complexity index is 987. The number of esters is 1. The summed E-state index contributed by atoms with van der Waals surface area (Å²) in [5.74, 6) is -2.66. The number of hydrogen-bond acceptors (Lipinski definition) is 5. The molecule has 9 heteroatoms. The Balaban J connectivity index is 1.78. The van der Waals surface area contributed by atoms with Crippen molar-refractivity contribution in [2.24, 2.45) is 0 Å². The van der Waals surface area contributed by atoms with Crippen LogP contribution < -0.4 is 0 Å². The fourth-order valence-electron chi connectivity index (χ4n) is 2.69. The third kappa shape index (κ3) is 3.22. The minimum absolute atomic E-state index is 0.0339. The van der Waals surface area contributed by atoms with Gasteiger partial charge in [0, 0.05) is 17.8 Å².